The lowest BCUT2D eigenvalue weighted by Gasteiger charge is -2.26. The van der Waals surface area contributed by atoms with Gasteiger partial charge in [0.25, 0.3) is 5.91 Å². The largest absolute Gasteiger partial charge is 0.416 e. The first kappa shape index (κ1) is 22.8. The maximum Gasteiger partial charge on any atom is 0.416 e. The van der Waals surface area contributed by atoms with Gasteiger partial charge in [0, 0.05) is 16.9 Å². The smallest absolute Gasteiger partial charge is 0.322 e. The number of halogens is 4. The Hall–Kier alpha value is -3.33. The minimum Gasteiger partial charge on any atom is -0.322 e. The van der Waals surface area contributed by atoms with Crippen molar-refractivity contribution in [1.82, 2.24) is 0 Å². The zero-order chi connectivity index (χ0) is 23.8. The van der Waals surface area contributed by atoms with Gasteiger partial charge < -0.3 is 5.32 Å². The summed E-state index contributed by atoms with van der Waals surface area (Å²) in [6, 6.07) is 15.0. The fraction of sp³-hybridized carbons (Fsp3) is 0.167. The Labute approximate surface area is 191 Å². The van der Waals surface area contributed by atoms with Crippen LogP contribution in [0.4, 0.5) is 28.9 Å². The van der Waals surface area contributed by atoms with E-state index in [1.807, 2.05) is 0 Å². The number of hydrogen-bond donors (Lipinski definition) is 1. The molecule has 33 heavy (non-hydrogen) atoms. The molecule has 2 amide bonds. The van der Waals surface area contributed by atoms with Gasteiger partial charge in [-0.3, -0.25) is 14.5 Å². The van der Waals surface area contributed by atoms with Crippen molar-refractivity contribution in [2.75, 3.05) is 16.0 Å². The second-order valence-corrected chi connectivity index (χ2v) is 8.58. The van der Waals surface area contributed by atoms with Gasteiger partial charge in [-0.25, -0.2) is 4.39 Å². The molecule has 1 unspecified atom stereocenters. The highest BCUT2D eigenvalue weighted by molar-refractivity contribution is 8.00. The van der Waals surface area contributed by atoms with Gasteiger partial charge in [-0.2, -0.15) is 13.2 Å². The predicted octanol–water partition coefficient (Wildman–Crippen LogP) is 6.18. The number of nitrogens with one attached hydrogen (secondary N) is 1. The van der Waals surface area contributed by atoms with Crippen LogP contribution >= 0.6 is 11.8 Å². The molecule has 0 spiro atoms. The number of aryl methyl sites for hydroxylation is 1. The molecule has 3 aromatic carbocycles. The number of hydrogen-bond acceptors (Lipinski definition) is 3. The number of thioether (sulfide) groups is 1. The Kier molecular flexibility index (Phi) is 6.16. The van der Waals surface area contributed by atoms with Crippen molar-refractivity contribution in [3.63, 3.8) is 0 Å². The number of alkyl halides is 3. The Morgan fingerprint density at radius 2 is 1.70 bits per heavy atom. The highest BCUT2D eigenvalue weighted by Gasteiger charge is 2.35. The molecule has 0 bridgehead atoms. The number of carbonyl (C=O) groups is 2. The van der Waals surface area contributed by atoms with Crippen molar-refractivity contribution in [3.05, 3.63) is 94.8 Å². The maximum atomic E-state index is 13.3. The lowest BCUT2D eigenvalue weighted by molar-refractivity contribution is -0.137. The number of nitrogens with zero attached hydrogens (tertiary/aromatic N) is 1. The third-order valence-electron chi connectivity index (χ3n) is 5.21. The average Bonchev–Trinajstić information content (AvgIpc) is 3.15. The van der Waals surface area contributed by atoms with Crippen molar-refractivity contribution in [3.8, 4) is 0 Å². The van der Waals surface area contributed by atoms with E-state index in [4.69, 9.17) is 0 Å². The lowest BCUT2D eigenvalue weighted by atomic mass is 10.1. The molecule has 1 saturated heterocycles. The van der Waals surface area contributed by atoms with Crippen molar-refractivity contribution >= 4 is 35.0 Å². The second kappa shape index (κ2) is 8.90. The number of carbonyl (C=O) groups excluding carboxylic acids is 2. The standard InChI is InChI=1S/C24H18F4N2O2S/c1-14-12-16(22(32)29-19-9-5-17(6-10-19)24(26,27)28)4-11-20(14)30-21(31)13-33-23(30)15-2-7-18(25)8-3-15/h2-12,23H,13H2,1H3,(H,29,32). The second-order valence-electron chi connectivity index (χ2n) is 7.51. The van der Waals surface area contributed by atoms with Gasteiger partial charge in [-0.1, -0.05) is 12.1 Å². The molecule has 0 aliphatic carbocycles. The van der Waals surface area contributed by atoms with E-state index in [9.17, 15) is 27.2 Å². The zero-order valence-electron chi connectivity index (χ0n) is 17.3. The van der Waals surface area contributed by atoms with Crippen molar-refractivity contribution < 1.29 is 27.2 Å². The Balaban J connectivity index is 1.54. The summed E-state index contributed by atoms with van der Waals surface area (Å²) >= 11 is 1.43. The predicted molar refractivity (Wildman–Crippen MR) is 120 cm³/mol. The fourth-order valence-electron chi connectivity index (χ4n) is 3.57. The van der Waals surface area contributed by atoms with E-state index in [2.05, 4.69) is 5.32 Å². The summed E-state index contributed by atoms with van der Waals surface area (Å²) in [6.45, 7) is 1.77. The molecular weight excluding hydrogens is 456 g/mol. The summed E-state index contributed by atoms with van der Waals surface area (Å²) in [6.07, 6.45) is -4.45. The van der Waals surface area contributed by atoms with E-state index in [-0.39, 0.29) is 28.5 Å². The SMILES string of the molecule is Cc1cc(C(=O)Nc2ccc(C(F)(F)F)cc2)ccc1N1C(=O)CSC1c1ccc(F)cc1. The average molecular weight is 474 g/mol. The van der Waals surface area contributed by atoms with Crippen LogP contribution in [0.3, 0.4) is 0 Å². The van der Waals surface area contributed by atoms with Crippen LogP contribution in [0.5, 0.6) is 0 Å². The Bertz CT molecular complexity index is 1190. The Morgan fingerprint density at radius 3 is 2.30 bits per heavy atom. The third-order valence-corrected chi connectivity index (χ3v) is 6.42. The summed E-state index contributed by atoms with van der Waals surface area (Å²) in [5.74, 6) is -0.669. The molecule has 1 aliphatic heterocycles. The van der Waals surface area contributed by atoms with Crippen LogP contribution in [-0.2, 0) is 11.0 Å². The van der Waals surface area contributed by atoms with Crippen LogP contribution in [0.25, 0.3) is 0 Å². The van der Waals surface area contributed by atoms with E-state index in [1.165, 1.54) is 36.0 Å². The first-order valence-electron chi connectivity index (χ1n) is 9.92. The molecule has 0 saturated carbocycles. The summed E-state index contributed by atoms with van der Waals surface area (Å²) in [7, 11) is 0. The lowest BCUT2D eigenvalue weighted by Crippen LogP contribution is -2.28. The molecule has 1 fully saturated rings. The van der Waals surface area contributed by atoms with Gasteiger partial charge in [-0.15, -0.1) is 11.8 Å². The number of benzene rings is 3. The normalized spacial score (nSPS) is 16.2. The van der Waals surface area contributed by atoms with E-state index >= 15 is 0 Å². The molecule has 4 rings (SSSR count). The number of anilines is 2. The minimum atomic E-state index is -4.45. The van der Waals surface area contributed by atoms with Crippen LogP contribution in [0.1, 0.15) is 32.4 Å². The maximum absolute atomic E-state index is 13.3. The summed E-state index contributed by atoms with van der Waals surface area (Å²) in [4.78, 5) is 26.8. The number of rotatable bonds is 4. The van der Waals surface area contributed by atoms with Crippen molar-refractivity contribution in [2.24, 2.45) is 0 Å². The summed E-state index contributed by atoms with van der Waals surface area (Å²) in [5.41, 5.74) is 1.83. The Morgan fingerprint density at radius 1 is 1.03 bits per heavy atom. The van der Waals surface area contributed by atoms with Crippen molar-refractivity contribution in [1.29, 1.82) is 0 Å². The molecule has 1 heterocycles. The number of amides is 2. The highest BCUT2D eigenvalue weighted by Crippen LogP contribution is 2.43. The van der Waals surface area contributed by atoms with Gasteiger partial charge in [0.1, 0.15) is 11.2 Å². The van der Waals surface area contributed by atoms with Gasteiger partial charge in [0.05, 0.1) is 11.3 Å². The molecule has 1 aliphatic rings. The molecule has 1 N–H and O–H groups in total. The zero-order valence-corrected chi connectivity index (χ0v) is 18.1. The van der Waals surface area contributed by atoms with Crippen LogP contribution in [0.15, 0.2) is 66.7 Å². The highest BCUT2D eigenvalue weighted by atomic mass is 32.2. The first-order valence-corrected chi connectivity index (χ1v) is 11.0. The topological polar surface area (TPSA) is 49.4 Å². The van der Waals surface area contributed by atoms with Crippen LogP contribution < -0.4 is 10.2 Å². The first-order chi connectivity index (χ1) is 15.6. The van der Waals surface area contributed by atoms with Crippen LogP contribution in [0.2, 0.25) is 0 Å². The molecule has 3 aromatic rings. The van der Waals surface area contributed by atoms with Gasteiger partial charge in [-0.05, 0) is 72.6 Å². The minimum absolute atomic E-state index is 0.0978. The monoisotopic (exact) mass is 474 g/mol. The molecule has 0 radical (unpaired) electrons. The molecule has 1 atom stereocenters. The fourth-order valence-corrected chi connectivity index (χ4v) is 4.74. The van der Waals surface area contributed by atoms with E-state index < -0.39 is 17.6 Å². The quantitative estimate of drug-likeness (QED) is 0.459. The molecule has 9 heteroatoms. The summed E-state index contributed by atoms with van der Waals surface area (Å²) in [5, 5.41) is 2.26. The summed E-state index contributed by atoms with van der Waals surface area (Å²) < 4.78 is 51.4. The molecule has 0 aromatic heterocycles. The third kappa shape index (κ3) is 4.88. The van der Waals surface area contributed by atoms with Gasteiger partial charge in [0.2, 0.25) is 5.91 Å². The van der Waals surface area contributed by atoms with E-state index in [1.54, 1.807) is 42.2 Å². The van der Waals surface area contributed by atoms with E-state index in [0.717, 1.165) is 17.7 Å². The van der Waals surface area contributed by atoms with Gasteiger partial charge in [0.15, 0.2) is 0 Å². The molecule has 170 valence electrons. The van der Waals surface area contributed by atoms with Crippen LogP contribution in [0, 0.1) is 12.7 Å². The van der Waals surface area contributed by atoms with Gasteiger partial charge >= 0.3 is 6.18 Å². The molecule has 4 nitrogen and oxygen atoms in total. The van der Waals surface area contributed by atoms with Crippen LogP contribution in [-0.4, -0.2) is 17.6 Å². The van der Waals surface area contributed by atoms with E-state index in [0.29, 0.717) is 16.8 Å². The van der Waals surface area contributed by atoms with Crippen molar-refractivity contribution in [2.45, 2.75) is 18.5 Å². The molecular formula is C24H18F4N2O2S.